The summed E-state index contributed by atoms with van der Waals surface area (Å²) >= 11 is 6.02. The number of halogens is 1. The highest BCUT2D eigenvalue weighted by Crippen LogP contribution is 2.22. The van der Waals surface area contributed by atoms with Crippen LogP contribution in [0.15, 0.2) is 30.3 Å². The van der Waals surface area contributed by atoms with Crippen molar-refractivity contribution in [3.8, 4) is 0 Å². The molecule has 102 valence electrons. The molecule has 0 bridgehead atoms. The van der Waals surface area contributed by atoms with E-state index in [4.69, 9.17) is 11.6 Å². The van der Waals surface area contributed by atoms with Gasteiger partial charge in [0, 0.05) is 17.6 Å². The second-order valence-corrected chi connectivity index (χ2v) is 5.51. The van der Waals surface area contributed by atoms with Gasteiger partial charge in [0.1, 0.15) is 0 Å². The average Bonchev–Trinajstić information content (AvgIpc) is 2.45. The van der Waals surface area contributed by atoms with Crippen LogP contribution in [-0.4, -0.2) is 12.5 Å². The fourth-order valence-electron chi connectivity index (χ4n) is 2.47. The van der Waals surface area contributed by atoms with E-state index >= 15 is 0 Å². The fourth-order valence-corrected chi connectivity index (χ4v) is 2.67. The summed E-state index contributed by atoms with van der Waals surface area (Å²) in [6, 6.07) is 7.50. The molecule has 0 spiro atoms. The highest BCUT2D eigenvalue weighted by atomic mass is 35.5. The molecule has 1 amide bonds. The molecule has 1 aliphatic rings. The number of amides is 1. The molecule has 1 N–H and O–H groups in total. The van der Waals surface area contributed by atoms with Gasteiger partial charge >= 0.3 is 0 Å². The van der Waals surface area contributed by atoms with E-state index in [1.165, 1.54) is 32.1 Å². The van der Waals surface area contributed by atoms with E-state index in [9.17, 15) is 4.79 Å². The van der Waals surface area contributed by atoms with Gasteiger partial charge in [-0.2, -0.15) is 0 Å². The predicted molar refractivity (Wildman–Crippen MR) is 80.1 cm³/mol. The first-order valence-electron chi connectivity index (χ1n) is 6.96. The molecule has 2 nitrogen and oxygen atoms in total. The number of carbonyl (C=O) groups is 1. The van der Waals surface area contributed by atoms with Crippen LogP contribution in [0.2, 0.25) is 5.02 Å². The standard InChI is InChI=1S/C16H20ClNO/c17-15-9-5-4-8-14(15)10-11-16(19)18-12-13-6-2-1-3-7-13/h4-5,8-11,13H,1-3,6-7,12H2,(H,18,19)/b11-10+. The molecule has 0 saturated heterocycles. The molecule has 0 aromatic heterocycles. The van der Waals surface area contributed by atoms with Gasteiger partial charge in [-0.3, -0.25) is 4.79 Å². The van der Waals surface area contributed by atoms with Crippen molar-refractivity contribution in [1.29, 1.82) is 0 Å². The Bertz CT molecular complexity index is 450. The molecule has 0 radical (unpaired) electrons. The predicted octanol–water partition coefficient (Wildman–Crippen LogP) is 4.05. The Balaban J connectivity index is 1.79. The minimum atomic E-state index is -0.0366. The molecule has 19 heavy (non-hydrogen) atoms. The summed E-state index contributed by atoms with van der Waals surface area (Å²) in [5, 5.41) is 3.64. The molecule has 0 unspecified atom stereocenters. The summed E-state index contributed by atoms with van der Waals surface area (Å²) in [5.74, 6) is 0.622. The summed E-state index contributed by atoms with van der Waals surface area (Å²) in [5.41, 5.74) is 0.872. The maximum Gasteiger partial charge on any atom is 0.244 e. The van der Waals surface area contributed by atoms with Crippen molar-refractivity contribution in [3.05, 3.63) is 40.9 Å². The number of hydrogen-bond donors (Lipinski definition) is 1. The monoisotopic (exact) mass is 277 g/mol. The largest absolute Gasteiger partial charge is 0.352 e. The van der Waals surface area contributed by atoms with Crippen LogP contribution < -0.4 is 5.32 Å². The lowest BCUT2D eigenvalue weighted by Crippen LogP contribution is -2.28. The van der Waals surface area contributed by atoms with Crippen LogP contribution in [-0.2, 0) is 4.79 Å². The minimum absolute atomic E-state index is 0.0366. The average molecular weight is 278 g/mol. The Hall–Kier alpha value is -1.28. The van der Waals surface area contributed by atoms with Gasteiger partial charge in [-0.1, -0.05) is 49.1 Å². The van der Waals surface area contributed by atoms with Crippen LogP contribution in [0, 0.1) is 5.92 Å². The van der Waals surface area contributed by atoms with Crippen molar-refractivity contribution in [2.24, 2.45) is 5.92 Å². The molecule has 3 heteroatoms. The van der Waals surface area contributed by atoms with E-state index in [1.54, 1.807) is 12.2 Å². The number of carbonyl (C=O) groups excluding carboxylic acids is 1. The van der Waals surface area contributed by atoms with Gasteiger partial charge in [0.2, 0.25) is 5.91 Å². The summed E-state index contributed by atoms with van der Waals surface area (Å²) in [6.07, 6.45) is 9.76. The number of hydrogen-bond acceptors (Lipinski definition) is 1. The zero-order chi connectivity index (χ0) is 13.5. The molecule has 1 aliphatic carbocycles. The molecule has 1 aromatic rings. The van der Waals surface area contributed by atoms with Crippen LogP contribution in [0.1, 0.15) is 37.7 Å². The Morgan fingerprint density at radius 2 is 2.00 bits per heavy atom. The first-order chi connectivity index (χ1) is 9.25. The van der Waals surface area contributed by atoms with Crippen molar-refractivity contribution in [3.63, 3.8) is 0 Å². The van der Waals surface area contributed by atoms with Crippen LogP contribution in [0.5, 0.6) is 0 Å². The van der Waals surface area contributed by atoms with Crippen LogP contribution in [0.25, 0.3) is 6.08 Å². The van der Waals surface area contributed by atoms with Crippen molar-refractivity contribution < 1.29 is 4.79 Å². The lowest BCUT2D eigenvalue weighted by Gasteiger charge is -2.21. The van der Waals surface area contributed by atoms with Crippen molar-refractivity contribution >= 4 is 23.6 Å². The van der Waals surface area contributed by atoms with Gasteiger partial charge in [0.05, 0.1) is 0 Å². The van der Waals surface area contributed by atoms with Crippen molar-refractivity contribution in [2.75, 3.05) is 6.54 Å². The first-order valence-corrected chi connectivity index (χ1v) is 7.34. The fraction of sp³-hybridized carbons (Fsp3) is 0.438. The molecule has 0 atom stereocenters. The molecule has 0 heterocycles. The number of rotatable bonds is 4. The zero-order valence-electron chi connectivity index (χ0n) is 11.1. The molecular formula is C16H20ClNO. The zero-order valence-corrected chi connectivity index (χ0v) is 11.8. The third kappa shape index (κ3) is 4.71. The third-order valence-electron chi connectivity index (χ3n) is 3.61. The van der Waals surface area contributed by atoms with Crippen LogP contribution in [0.3, 0.4) is 0 Å². The minimum Gasteiger partial charge on any atom is -0.352 e. The highest BCUT2D eigenvalue weighted by molar-refractivity contribution is 6.32. The summed E-state index contributed by atoms with van der Waals surface area (Å²) in [7, 11) is 0. The van der Waals surface area contributed by atoms with E-state index in [0.717, 1.165) is 12.1 Å². The van der Waals surface area contributed by atoms with Crippen molar-refractivity contribution in [2.45, 2.75) is 32.1 Å². The summed E-state index contributed by atoms with van der Waals surface area (Å²) < 4.78 is 0. The molecule has 1 saturated carbocycles. The van der Waals surface area contributed by atoms with Gasteiger partial charge in [0.15, 0.2) is 0 Å². The maximum absolute atomic E-state index is 11.7. The molecule has 2 rings (SSSR count). The van der Waals surface area contributed by atoms with Gasteiger partial charge in [0.25, 0.3) is 0 Å². The van der Waals surface area contributed by atoms with Crippen LogP contribution >= 0.6 is 11.6 Å². The van der Waals surface area contributed by atoms with Gasteiger partial charge < -0.3 is 5.32 Å². The molecule has 1 aromatic carbocycles. The first kappa shape index (κ1) is 14.1. The lowest BCUT2D eigenvalue weighted by molar-refractivity contribution is -0.116. The second kappa shape index (κ2) is 7.34. The Labute approximate surface area is 119 Å². The highest BCUT2D eigenvalue weighted by Gasteiger charge is 2.13. The van der Waals surface area contributed by atoms with Crippen molar-refractivity contribution in [1.82, 2.24) is 5.32 Å². The van der Waals surface area contributed by atoms with Gasteiger partial charge in [-0.25, -0.2) is 0 Å². The SMILES string of the molecule is O=C(/C=C/c1ccccc1Cl)NCC1CCCCC1. The quantitative estimate of drug-likeness (QED) is 0.827. The van der Waals surface area contributed by atoms with E-state index in [1.807, 2.05) is 24.3 Å². The molecule has 1 fully saturated rings. The third-order valence-corrected chi connectivity index (χ3v) is 3.95. The Morgan fingerprint density at radius 3 is 2.74 bits per heavy atom. The number of nitrogens with one attached hydrogen (secondary N) is 1. The van der Waals surface area contributed by atoms with E-state index < -0.39 is 0 Å². The van der Waals surface area contributed by atoms with Gasteiger partial charge in [-0.15, -0.1) is 0 Å². The lowest BCUT2D eigenvalue weighted by atomic mass is 9.89. The van der Waals surface area contributed by atoms with Gasteiger partial charge in [-0.05, 0) is 36.5 Å². The van der Waals surface area contributed by atoms with E-state index in [0.29, 0.717) is 10.9 Å². The Kier molecular flexibility index (Phi) is 5.46. The Morgan fingerprint density at radius 1 is 1.26 bits per heavy atom. The normalized spacial score (nSPS) is 16.7. The molecule has 0 aliphatic heterocycles. The second-order valence-electron chi connectivity index (χ2n) is 5.10. The maximum atomic E-state index is 11.7. The summed E-state index contributed by atoms with van der Waals surface area (Å²) in [4.78, 5) is 11.7. The topological polar surface area (TPSA) is 29.1 Å². The van der Waals surface area contributed by atoms with Crippen LogP contribution in [0.4, 0.5) is 0 Å². The van der Waals surface area contributed by atoms with E-state index in [-0.39, 0.29) is 5.91 Å². The van der Waals surface area contributed by atoms with E-state index in [2.05, 4.69) is 5.32 Å². The number of benzene rings is 1. The molecular weight excluding hydrogens is 258 g/mol. The summed E-state index contributed by atoms with van der Waals surface area (Å²) in [6.45, 7) is 0.797. The smallest absolute Gasteiger partial charge is 0.244 e.